The zero-order valence-electron chi connectivity index (χ0n) is 21.8. The predicted octanol–water partition coefficient (Wildman–Crippen LogP) is 4.21. The van der Waals surface area contributed by atoms with Crippen LogP contribution in [-0.4, -0.2) is 52.7 Å². The second kappa shape index (κ2) is 10.9. The molecule has 0 amide bonds. The van der Waals surface area contributed by atoms with Crippen LogP contribution in [0.3, 0.4) is 0 Å². The van der Waals surface area contributed by atoms with Gasteiger partial charge in [0.1, 0.15) is 5.69 Å². The third-order valence-electron chi connectivity index (χ3n) is 5.47. The van der Waals surface area contributed by atoms with Crippen molar-refractivity contribution < 1.29 is 27.2 Å². The van der Waals surface area contributed by atoms with Crippen LogP contribution in [0.5, 0.6) is 23.1 Å². The van der Waals surface area contributed by atoms with Crippen LogP contribution in [-0.2, 0) is 10.0 Å². The first-order valence-electron chi connectivity index (χ1n) is 11.8. The maximum absolute atomic E-state index is 13.3. The van der Waals surface area contributed by atoms with Crippen molar-refractivity contribution in [2.75, 3.05) is 18.9 Å². The standard InChI is InChI=1S/C26H23N7O6S/c1-15-9-10-21(28-14-15)40(34,35)33-25-22(38-20-8-6-5-7-19(20)36-3)26(37-4)31-23(30-25)17-11-12-27-18(13-17)24-29-16(2)39-32-24/h5-14H,1-4H3,(H,30,31,33). The van der Waals surface area contributed by atoms with Crippen molar-refractivity contribution in [1.29, 1.82) is 0 Å². The molecule has 204 valence electrons. The molecule has 13 nitrogen and oxygen atoms in total. The number of anilines is 1. The minimum absolute atomic E-state index is 0.0424. The molecular weight excluding hydrogens is 538 g/mol. The van der Waals surface area contributed by atoms with Crippen LogP contribution in [0.15, 0.2) is 70.5 Å². The first kappa shape index (κ1) is 26.5. The number of hydrogen-bond acceptors (Lipinski definition) is 12. The van der Waals surface area contributed by atoms with Gasteiger partial charge in [-0.15, -0.1) is 0 Å². The Bertz CT molecular complexity index is 1780. The SMILES string of the molecule is COc1ccccc1Oc1c(NS(=O)(=O)c2ccc(C)cn2)nc(-c2ccnc(-c3noc(C)n3)c2)nc1OC. The van der Waals surface area contributed by atoms with Gasteiger partial charge >= 0.3 is 0 Å². The molecule has 0 aliphatic heterocycles. The maximum atomic E-state index is 13.3. The highest BCUT2D eigenvalue weighted by molar-refractivity contribution is 7.92. The summed E-state index contributed by atoms with van der Waals surface area (Å²) in [5.74, 6) is 1.12. The van der Waals surface area contributed by atoms with Crippen molar-refractivity contribution in [3.8, 4) is 46.0 Å². The van der Waals surface area contributed by atoms with E-state index in [-0.39, 0.29) is 39.9 Å². The summed E-state index contributed by atoms with van der Waals surface area (Å²) in [5.41, 5.74) is 1.68. The lowest BCUT2D eigenvalue weighted by Crippen LogP contribution is -2.17. The number of nitrogens with one attached hydrogen (secondary N) is 1. The van der Waals surface area contributed by atoms with E-state index in [0.717, 1.165) is 5.56 Å². The Kier molecular flexibility index (Phi) is 7.25. The van der Waals surface area contributed by atoms with E-state index in [4.69, 9.17) is 18.7 Å². The lowest BCUT2D eigenvalue weighted by Gasteiger charge is -2.17. The van der Waals surface area contributed by atoms with Crippen molar-refractivity contribution >= 4 is 15.8 Å². The summed E-state index contributed by atoms with van der Waals surface area (Å²) in [6, 6.07) is 13.1. The molecular formula is C26H23N7O6S. The number of para-hydroxylation sites is 2. The second-order valence-corrected chi connectivity index (χ2v) is 9.96. The summed E-state index contributed by atoms with van der Waals surface area (Å²) >= 11 is 0. The number of sulfonamides is 1. The normalized spacial score (nSPS) is 11.2. The van der Waals surface area contributed by atoms with Crippen molar-refractivity contribution in [3.63, 3.8) is 0 Å². The molecule has 4 aromatic heterocycles. The lowest BCUT2D eigenvalue weighted by atomic mass is 10.2. The summed E-state index contributed by atoms with van der Waals surface area (Å²) in [6.07, 6.45) is 2.97. The average molecular weight is 562 g/mol. The number of methoxy groups -OCH3 is 2. The van der Waals surface area contributed by atoms with Gasteiger partial charge in [-0.3, -0.25) is 9.71 Å². The largest absolute Gasteiger partial charge is 0.493 e. The number of rotatable bonds is 9. The maximum Gasteiger partial charge on any atom is 0.280 e. The number of aromatic nitrogens is 6. The topological polar surface area (TPSA) is 164 Å². The highest BCUT2D eigenvalue weighted by atomic mass is 32.2. The molecule has 0 radical (unpaired) electrons. The fraction of sp³-hybridized carbons (Fsp3) is 0.154. The monoisotopic (exact) mass is 561 g/mol. The van der Waals surface area contributed by atoms with Gasteiger partial charge < -0.3 is 18.7 Å². The molecule has 1 N–H and O–H groups in total. The predicted molar refractivity (Wildman–Crippen MR) is 143 cm³/mol. The fourth-order valence-corrected chi connectivity index (χ4v) is 4.50. The molecule has 5 aromatic rings. The molecule has 40 heavy (non-hydrogen) atoms. The van der Waals surface area contributed by atoms with Gasteiger partial charge in [-0.2, -0.15) is 18.4 Å². The van der Waals surface area contributed by atoms with Crippen molar-refractivity contribution in [3.05, 3.63) is 72.4 Å². The van der Waals surface area contributed by atoms with E-state index in [0.29, 0.717) is 22.9 Å². The van der Waals surface area contributed by atoms with E-state index in [1.807, 2.05) is 0 Å². The van der Waals surface area contributed by atoms with E-state index < -0.39 is 10.0 Å². The van der Waals surface area contributed by atoms with E-state index in [1.165, 1.54) is 32.7 Å². The molecule has 0 saturated heterocycles. The van der Waals surface area contributed by atoms with Crippen LogP contribution >= 0.6 is 0 Å². The number of hydrogen-bond donors (Lipinski definition) is 1. The molecule has 0 spiro atoms. The van der Waals surface area contributed by atoms with Gasteiger partial charge in [0.2, 0.25) is 17.5 Å². The lowest BCUT2D eigenvalue weighted by molar-refractivity contribution is 0.348. The molecule has 0 atom stereocenters. The minimum atomic E-state index is -4.20. The zero-order valence-corrected chi connectivity index (χ0v) is 22.6. The second-order valence-electron chi connectivity index (χ2n) is 8.33. The number of nitrogens with zero attached hydrogens (tertiary/aromatic N) is 6. The Hall–Kier alpha value is -5.11. The number of ether oxygens (including phenoxy) is 3. The van der Waals surface area contributed by atoms with Crippen molar-refractivity contribution in [1.82, 2.24) is 30.1 Å². The Balaban J connectivity index is 1.64. The van der Waals surface area contributed by atoms with Crippen LogP contribution in [0.4, 0.5) is 5.82 Å². The molecule has 1 aromatic carbocycles. The van der Waals surface area contributed by atoms with E-state index in [9.17, 15) is 8.42 Å². The Morgan fingerprint density at radius 3 is 2.35 bits per heavy atom. The summed E-state index contributed by atoms with van der Waals surface area (Å²) in [4.78, 5) is 21.5. The summed E-state index contributed by atoms with van der Waals surface area (Å²) in [6.45, 7) is 3.46. The first-order valence-corrected chi connectivity index (χ1v) is 13.2. The molecule has 0 unspecified atom stereocenters. The third kappa shape index (κ3) is 5.51. The van der Waals surface area contributed by atoms with Gasteiger partial charge in [0, 0.05) is 24.9 Å². The highest BCUT2D eigenvalue weighted by Crippen LogP contribution is 2.41. The van der Waals surface area contributed by atoms with Crippen LogP contribution in [0.25, 0.3) is 22.9 Å². The average Bonchev–Trinajstić information content (AvgIpc) is 3.40. The molecule has 0 bridgehead atoms. The first-order chi connectivity index (χ1) is 19.3. The van der Waals surface area contributed by atoms with Crippen molar-refractivity contribution in [2.24, 2.45) is 0 Å². The molecule has 0 saturated carbocycles. The van der Waals surface area contributed by atoms with Gasteiger partial charge in [-0.05, 0) is 42.8 Å². The van der Waals surface area contributed by atoms with E-state index in [1.54, 1.807) is 56.3 Å². The van der Waals surface area contributed by atoms with Gasteiger partial charge in [0.05, 0.1) is 14.2 Å². The summed E-state index contributed by atoms with van der Waals surface area (Å²) < 4.78 is 51.2. The van der Waals surface area contributed by atoms with E-state index in [2.05, 4.69) is 34.8 Å². The van der Waals surface area contributed by atoms with Gasteiger partial charge in [0.25, 0.3) is 15.9 Å². The fourth-order valence-electron chi connectivity index (χ4n) is 3.56. The molecule has 5 rings (SSSR count). The molecule has 14 heteroatoms. The van der Waals surface area contributed by atoms with Gasteiger partial charge in [-0.1, -0.05) is 23.4 Å². The molecule has 0 fully saturated rings. The van der Waals surface area contributed by atoms with Gasteiger partial charge in [0.15, 0.2) is 28.2 Å². The van der Waals surface area contributed by atoms with Crippen LogP contribution in [0.2, 0.25) is 0 Å². The molecule has 0 aliphatic rings. The minimum Gasteiger partial charge on any atom is -0.493 e. The number of pyridine rings is 2. The molecule has 4 heterocycles. The van der Waals surface area contributed by atoms with Crippen LogP contribution in [0.1, 0.15) is 11.5 Å². The van der Waals surface area contributed by atoms with Crippen molar-refractivity contribution in [2.45, 2.75) is 18.9 Å². The third-order valence-corrected chi connectivity index (χ3v) is 6.73. The Morgan fingerprint density at radius 2 is 1.68 bits per heavy atom. The number of benzene rings is 1. The number of aryl methyl sites for hydroxylation is 2. The Labute approximate surface area is 229 Å². The van der Waals surface area contributed by atoms with Gasteiger partial charge in [-0.25, -0.2) is 9.97 Å². The zero-order chi connectivity index (χ0) is 28.3. The Morgan fingerprint density at radius 1 is 0.875 bits per heavy atom. The summed E-state index contributed by atoms with van der Waals surface area (Å²) in [5, 5.41) is 3.68. The smallest absolute Gasteiger partial charge is 0.280 e. The summed E-state index contributed by atoms with van der Waals surface area (Å²) in [7, 11) is -1.34. The van der Waals surface area contributed by atoms with Crippen LogP contribution in [0, 0.1) is 13.8 Å². The van der Waals surface area contributed by atoms with E-state index >= 15 is 0 Å². The quantitative estimate of drug-likeness (QED) is 0.273. The molecule has 0 aliphatic carbocycles. The highest BCUT2D eigenvalue weighted by Gasteiger charge is 2.26. The van der Waals surface area contributed by atoms with Crippen LogP contribution < -0.4 is 18.9 Å².